The van der Waals surface area contributed by atoms with Crippen LogP contribution in [0.5, 0.6) is 11.5 Å². The third kappa shape index (κ3) is 7.07. The van der Waals surface area contributed by atoms with Crippen LogP contribution in [-0.4, -0.2) is 89.2 Å². The van der Waals surface area contributed by atoms with Crippen LogP contribution >= 0.6 is 24.0 Å². The number of methoxy groups -OCH3 is 1. The third-order valence-corrected chi connectivity index (χ3v) is 9.31. The van der Waals surface area contributed by atoms with Crippen molar-refractivity contribution in [2.75, 3.05) is 53.1 Å². The summed E-state index contributed by atoms with van der Waals surface area (Å²) in [4.78, 5) is 32.3. The van der Waals surface area contributed by atoms with Gasteiger partial charge in [-0.25, -0.2) is 4.79 Å². The fourth-order valence-electron chi connectivity index (χ4n) is 5.45. The number of ether oxygens (including phenoxy) is 3. The molecule has 0 unspecified atom stereocenters. The van der Waals surface area contributed by atoms with Crippen molar-refractivity contribution in [2.45, 2.75) is 6.42 Å². The number of morpholine rings is 1. The largest absolute Gasteiger partial charge is 0.496 e. The molecular weight excluding hydrogens is 611 g/mol. The lowest BCUT2D eigenvalue weighted by atomic mass is 10.00. The highest BCUT2D eigenvalue weighted by molar-refractivity contribution is 8.26. The van der Waals surface area contributed by atoms with Gasteiger partial charge in [-0.05, 0) is 71.7 Å². The van der Waals surface area contributed by atoms with Gasteiger partial charge >= 0.3 is 5.97 Å². The number of thioether (sulfide) groups is 1. The standard InChI is InChI=1S/C34H33N3O6S2/c1-41-30-21-25(20-28-26(30)8-10-35-28)27-18-23(4-7-29(27)43-17-14-36-12-15-42-16-13-36)19-31-32(38)37(34(44)45-31)11-9-22-2-5-24(6-3-22)33(39)40/h2-8,10,18-21,35H,9,11-17H2,1H3,(H,39,40). The minimum atomic E-state index is -0.969. The number of benzene rings is 3. The fraction of sp³-hybridized carbons (Fsp3) is 0.265. The van der Waals surface area contributed by atoms with E-state index >= 15 is 0 Å². The van der Waals surface area contributed by atoms with Gasteiger partial charge in [-0.15, -0.1) is 0 Å². The highest BCUT2D eigenvalue weighted by Gasteiger charge is 2.31. The first-order valence-corrected chi connectivity index (χ1v) is 15.9. The van der Waals surface area contributed by atoms with Gasteiger partial charge in [0.2, 0.25) is 0 Å². The number of carboxylic acids is 1. The topological polar surface area (TPSA) is 104 Å². The van der Waals surface area contributed by atoms with E-state index in [0.717, 1.165) is 77.5 Å². The second-order valence-corrected chi connectivity index (χ2v) is 12.4. The number of carbonyl (C=O) groups excluding carboxylic acids is 1. The Hall–Kier alpha value is -4.16. The summed E-state index contributed by atoms with van der Waals surface area (Å²) in [6.45, 7) is 5.01. The van der Waals surface area contributed by atoms with E-state index in [1.807, 2.05) is 42.6 Å². The first-order chi connectivity index (χ1) is 21.9. The number of hydrogen-bond donors (Lipinski definition) is 2. The van der Waals surface area contributed by atoms with Gasteiger partial charge in [0.05, 0.1) is 30.8 Å². The molecule has 0 spiro atoms. The Kier molecular flexibility index (Phi) is 9.50. The molecule has 2 saturated heterocycles. The van der Waals surface area contributed by atoms with Crippen molar-refractivity contribution in [3.05, 3.63) is 88.5 Å². The summed E-state index contributed by atoms with van der Waals surface area (Å²) >= 11 is 6.85. The van der Waals surface area contributed by atoms with Gasteiger partial charge < -0.3 is 24.3 Å². The van der Waals surface area contributed by atoms with Crippen molar-refractivity contribution in [2.24, 2.45) is 0 Å². The smallest absolute Gasteiger partial charge is 0.335 e. The summed E-state index contributed by atoms with van der Waals surface area (Å²) in [5.74, 6) is 0.388. The summed E-state index contributed by atoms with van der Waals surface area (Å²) in [5, 5.41) is 10.1. The van der Waals surface area contributed by atoms with E-state index in [4.69, 9.17) is 31.5 Å². The number of H-pyrrole nitrogens is 1. The molecule has 9 nitrogen and oxygen atoms in total. The van der Waals surface area contributed by atoms with E-state index < -0.39 is 5.97 Å². The molecule has 0 saturated carbocycles. The molecule has 2 aliphatic heterocycles. The van der Waals surface area contributed by atoms with Gasteiger partial charge in [0, 0.05) is 48.8 Å². The molecule has 2 N–H and O–H groups in total. The Morgan fingerprint density at radius 2 is 1.87 bits per heavy atom. The maximum Gasteiger partial charge on any atom is 0.335 e. The number of carboxylic acid groups (broad SMARTS) is 1. The minimum absolute atomic E-state index is 0.144. The van der Waals surface area contributed by atoms with Gasteiger partial charge in [-0.1, -0.05) is 42.2 Å². The van der Waals surface area contributed by atoms with Crippen LogP contribution in [0.15, 0.2) is 71.8 Å². The zero-order valence-electron chi connectivity index (χ0n) is 24.8. The highest BCUT2D eigenvalue weighted by Crippen LogP contribution is 2.39. The fourth-order valence-corrected chi connectivity index (χ4v) is 6.76. The number of aromatic nitrogens is 1. The van der Waals surface area contributed by atoms with Crippen LogP contribution in [0, 0.1) is 0 Å². The van der Waals surface area contributed by atoms with Gasteiger partial charge in [0.15, 0.2) is 0 Å². The lowest BCUT2D eigenvalue weighted by molar-refractivity contribution is -0.122. The molecular formula is C34H33N3O6S2. The summed E-state index contributed by atoms with van der Waals surface area (Å²) in [6.07, 6.45) is 4.32. The maximum atomic E-state index is 13.4. The first-order valence-electron chi connectivity index (χ1n) is 14.7. The van der Waals surface area contributed by atoms with Gasteiger partial charge in [0.1, 0.15) is 22.4 Å². The molecule has 0 radical (unpaired) electrons. The number of aromatic carboxylic acids is 1. The maximum absolute atomic E-state index is 13.4. The van der Waals surface area contributed by atoms with E-state index in [2.05, 4.69) is 16.0 Å². The number of amides is 1. The SMILES string of the molecule is COc1cc(-c2cc(C=C3SC(=S)N(CCc4ccc(C(=O)O)cc4)C3=O)ccc2OCCN2CCOCC2)cc2[nH]ccc12. The van der Waals surface area contributed by atoms with Crippen molar-refractivity contribution < 1.29 is 28.9 Å². The van der Waals surface area contributed by atoms with E-state index in [-0.39, 0.29) is 11.5 Å². The van der Waals surface area contributed by atoms with Gasteiger partial charge in [-0.2, -0.15) is 0 Å². The second-order valence-electron chi connectivity index (χ2n) is 10.8. The number of fused-ring (bicyclic) bond motifs is 1. The van der Waals surface area contributed by atoms with Crippen LogP contribution in [0.4, 0.5) is 0 Å². The second kappa shape index (κ2) is 13.9. The minimum Gasteiger partial charge on any atom is -0.496 e. The van der Waals surface area contributed by atoms with Crippen LogP contribution in [0.25, 0.3) is 28.1 Å². The monoisotopic (exact) mass is 643 g/mol. The number of nitrogens with zero attached hydrogens (tertiary/aromatic N) is 2. The number of thiocarbonyl (C=S) groups is 1. The molecule has 0 bridgehead atoms. The molecule has 0 atom stereocenters. The van der Waals surface area contributed by atoms with Gasteiger partial charge in [-0.3, -0.25) is 14.6 Å². The molecule has 3 aromatic carbocycles. The molecule has 0 aliphatic carbocycles. The molecule has 4 aromatic rings. The number of nitrogens with one attached hydrogen (secondary N) is 1. The van der Waals surface area contributed by atoms with E-state index in [9.17, 15) is 9.59 Å². The predicted molar refractivity (Wildman–Crippen MR) is 180 cm³/mol. The predicted octanol–water partition coefficient (Wildman–Crippen LogP) is 5.70. The number of rotatable bonds is 11. The van der Waals surface area contributed by atoms with Crippen molar-refractivity contribution in [3.63, 3.8) is 0 Å². The highest BCUT2D eigenvalue weighted by atomic mass is 32.2. The van der Waals surface area contributed by atoms with Crippen molar-refractivity contribution >= 4 is 57.2 Å². The third-order valence-electron chi connectivity index (χ3n) is 7.93. The van der Waals surface area contributed by atoms with Crippen molar-refractivity contribution in [1.82, 2.24) is 14.8 Å². The lowest BCUT2D eigenvalue weighted by Gasteiger charge is -2.26. The van der Waals surface area contributed by atoms with Crippen molar-refractivity contribution in [3.8, 4) is 22.6 Å². The number of aromatic amines is 1. The lowest BCUT2D eigenvalue weighted by Crippen LogP contribution is -2.38. The Morgan fingerprint density at radius 1 is 1.07 bits per heavy atom. The summed E-state index contributed by atoms with van der Waals surface area (Å²) in [7, 11) is 1.66. The van der Waals surface area contributed by atoms with E-state index in [0.29, 0.717) is 28.8 Å². The zero-order chi connectivity index (χ0) is 31.3. The van der Waals surface area contributed by atoms with Crippen LogP contribution in [-0.2, 0) is 16.0 Å². The molecule has 3 heterocycles. The van der Waals surface area contributed by atoms with Crippen LogP contribution < -0.4 is 9.47 Å². The van der Waals surface area contributed by atoms with Crippen LogP contribution in [0.1, 0.15) is 21.5 Å². The first kappa shape index (κ1) is 30.8. The summed E-state index contributed by atoms with van der Waals surface area (Å²) in [5.41, 5.74) is 4.78. The Balaban J connectivity index is 1.24. The molecule has 2 aliphatic rings. The molecule has 2 fully saturated rings. The molecule has 1 aromatic heterocycles. The quantitative estimate of drug-likeness (QED) is 0.157. The van der Waals surface area contributed by atoms with Crippen LogP contribution in [0.2, 0.25) is 0 Å². The average molecular weight is 644 g/mol. The molecule has 11 heteroatoms. The number of carbonyl (C=O) groups is 2. The Morgan fingerprint density at radius 3 is 2.62 bits per heavy atom. The summed E-state index contributed by atoms with van der Waals surface area (Å²) in [6, 6.07) is 18.7. The normalized spacial score (nSPS) is 16.6. The van der Waals surface area contributed by atoms with E-state index in [1.54, 1.807) is 36.3 Å². The van der Waals surface area contributed by atoms with Crippen molar-refractivity contribution in [1.29, 1.82) is 0 Å². The molecule has 232 valence electrons. The zero-order valence-corrected chi connectivity index (χ0v) is 26.4. The Bertz CT molecular complexity index is 1760. The summed E-state index contributed by atoms with van der Waals surface area (Å²) < 4.78 is 18.0. The molecule has 1 amide bonds. The number of hydrogen-bond acceptors (Lipinski definition) is 8. The Labute approximate surface area is 270 Å². The van der Waals surface area contributed by atoms with Crippen LogP contribution in [0.3, 0.4) is 0 Å². The molecule has 6 rings (SSSR count). The van der Waals surface area contributed by atoms with Gasteiger partial charge in [0.25, 0.3) is 5.91 Å². The van der Waals surface area contributed by atoms with E-state index in [1.165, 1.54) is 11.8 Å². The average Bonchev–Trinajstić information content (AvgIpc) is 3.64. The molecule has 45 heavy (non-hydrogen) atoms.